The molecule has 2 heterocycles. The van der Waals surface area contributed by atoms with E-state index in [1.54, 1.807) is 7.11 Å². The summed E-state index contributed by atoms with van der Waals surface area (Å²) in [7, 11) is 1.68. The van der Waals surface area contributed by atoms with E-state index in [4.69, 9.17) is 4.74 Å². The maximum atomic E-state index is 13.0. The quantitative estimate of drug-likeness (QED) is 0.840. The molecular formula is C23H32N2O3. The van der Waals surface area contributed by atoms with Crippen LogP contribution in [0.5, 0.6) is 5.75 Å². The molecule has 2 saturated heterocycles. The number of benzene rings is 1. The van der Waals surface area contributed by atoms with E-state index in [0.717, 1.165) is 43.2 Å². The molecular weight excluding hydrogens is 352 g/mol. The predicted octanol–water partition coefficient (Wildman–Crippen LogP) is 2.39. The Morgan fingerprint density at radius 1 is 1.32 bits per heavy atom. The van der Waals surface area contributed by atoms with Crippen molar-refractivity contribution in [3.05, 3.63) is 29.3 Å². The van der Waals surface area contributed by atoms with E-state index in [1.165, 1.54) is 18.4 Å². The Morgan fingerprint density at radius 2 is 2.11 bits per heavy atom. The minimum Gasteiger partial charge on any atom is -0.497 e. The van der Waals surface area contributed by atoms with Crippen molar-refractivity contribution in [1.29, 1.82) is 0 Å². The van der Waals surface area contributed by atoms with Crippen molar-refractivity contribution in [2.24, 2.45) is 5.92 Å². The number of hydrogen-bond acceptors (Lipinski definition) is 4. The molecule has 2 aliphatic carbocycles. The van der Waals surface area contributed by atoms with Gasteiger partial charge in [-0.25, -0.2) is 0 Å². The van der Waals surface area contributed by atoms with Gasteiger partial charge in [0.25, 0.3) is 0 Å². The molecule has 1 saturated carbocycles. The third-order valence-electron chi connectivity index (χ3n) is 7.73. The second-order valence-corrected chi connectivity index (χ2v) is 10.2. The summed E-state index contributed by atoms with van der Waals surface area (Å²) in [4.78, 5) is 15.5. The van der Waals surface area contributed by atoms with E-state index in [1.807, 2.05) is 19.9 Å². The van der Waals surface area contributed by atoms with Crippen molar-refractivity contribution in [2.75, 3.05) is 20.2 Å². The lowest BCUT2D eigenvalue weighted by molar-refractivity contribution is -0.158. The molecule has 1 aromatic rings. The molecule has 2 aliphatic heterocycles. The van der Waals surface area contributed by atoms with Gasteiger partial charge in [-0.1, -0.05) is 6.07 Å². The highest BCUT2D eigenvalue weighted by molar-refractivity contribution is 5.80. The zero-order valence-corrected chi connectivity index (χ0v) is 17.3. The molecule has 0 aromatic heterocycles. The standard InChI is InChI=1S/C23H32N2O3/c1-21(2)14-23(27)19-10-16-6-7-17(28-3)11-18(16)22(23,12-20(26)24-21)8-9-25(19)13-15-4-5-15/h6-7,11,15,19,27H,4-5,8-10,12-14H2,1-3H3,(H,24,26). The van der Waals surface area contributed by atoms with Gasteiger partial charge in [0.1, 0.15) is 5.75 Å². The summed E-state index contributed by atoms with van der Waals surface area (Å²) in [5.74, 6) is 1.64. The van der Waals surface area contributed by atoms with Gasteiger partial charge in [-0.3, -0.25) is 9.69 Å². The summed E-state index contributed by atoms with van der Waals surface area (Å²) >= 11 is 0. The van der Waals surface area contributed by atoms with Crippen LogP contribution in [0.4, 0.5) is 0 Å². The molecule has 152 valence electrons. The van der Waals surface area contributed by atoms with Crippen LogP contribution in [0.15, 0.2) is 18.2 Å². The lowest BCUT2D eigenvalue weighted by Crippen LogP contribution is -2.72. The van der Waals surface area contributed by atoms with Crippen LogP contribution in [0.2, 0.25) is 0 Å². The number of aliphatic hydroxyl groups is 1. The van der Waals surface area contributed by atoms with Crippen LogP contribution in [0.1, 0.15) is 57.1 Å². The van der Waals surface area contributed by atoms with Gasteiger partial charge >= 0.3 is 0 Å². The Bertz CT molecular complexity index is 818. The summed E-state index contributed by atoms with van der Waals surface area (Å²) in [5.41, 5.74) is 0.498. The fraction of sp³-hybridized carbons (Fsp3) is 0.696. The lowest BCUT2D eigenvalue weighted by Gasteiger charge is -2.62. The number of nitrogens with one attached hydrogen (secondary N) is 1. The molecule has 5 rings (SSSR count). The summed E-state index contributed by atoms with van der Waals surface area (Å²) in [6.07, 6.45) is 5.21. The molecule has 3 unspecified atom stereocenters. The minimum absolute atomic E-state index is 0.0472. The Balaban J connectivity index is 1.69. The average molecular weight is 385 g/mol. The van der Waals surface area contributed by atoms with Gasteiger partial charge in [-0.15, -0.1) is 0 Å². The normalized spacial score (nSPS) is 36.7. The molecule has 3 fully saturated rings. The monoisotopic (exact) mass is 384 g/mol. The first kappa shape index (κ1) is 18.4. The molecule has 4 aliphatic rings. The number of methoxy groups -OCH3 is 1. The van der Waals surface area contributed by atoms with E-state index >= 15 is 0 Å². The largest absolute Gasteiger partial charge is 0.497 e. The fourth-order valence-corrected chi connectivity index (χ4v) is 6.40. The average Bonchev–Trinajstić information content (AvgIpc) is 3.42. The van der Waals surface area contributed by atoms with Gasteiger partial charge in [-0.05, 0) is 75.3 Å². The lowest BCUT2D eigenvalue weighted by atomic mass is 9.51. The molecule has 2 bridgehead atoms. The molecule has 0 spiro atoms. The summed E-state index contributed by atoms with van der Waals surface area (Å²) in [6, 6.07) is 6.31. The molecule has 0 radical (unpaired) electrons. The van der Waals surface area contributed by atoms with Crippen molar-refractivity contribution in [2.45, 2.75) is 75.0 Å². The zero-order valence-electron chi connectivity index (χ0n) is 17.3. The van der Waals surface area contributed by atoms with Gasteiger partial charge < -0.3 is 15.2 Å². The van der Waals surface area contributed by atoms with E-state index in [9.17, 15) is 9.90 Å². The van der Waals surface area contributed by atoms with Crippen molar-refractivity contribution >= 4 is 5.91 Å². The highest BCUT2D eigenvalue weighted by atomic mass is 16.5. The Hall–Kier alpha value is -1.59. The summed E-state index contributed by atoms with van der Waals surface area (Å²) in [6.45, 7) is 6.12. The highest BCUT2D eigenvalue weighted by Gasteiger charge is 2.65. The van der Waals surface area contributed by atoms with Gasteiger partial charge in [0, 0.05) is 36.4 Å². The molecule has 3 atom stereocenters. The molecule has 1 aromatic carbocycles. The highest BCUT2D eigenvalue weighted by Crippen LogP contribution is 2.57. The van der Waals surface area contributed by atoms with Crippen LogP contribution in [-0.4, -0.2) is 53.3 Å². The minimum atomic E-state index is -0.928. The molecule has 1 amide bonds. The third kappa shape index (κ3) is 2.62. The Labute approximate surface area is 167 Å². The number of amides is 1. The van der Waals surface area contributed by atoms with E-state index in [0.29, 0.717) is 12.8 Å². The van der Waals surface area contributed by atoms with Crippen molar-refractivity contribution in [1.82, 2.24) is 10.2 Å². The zero-order chi connectivity index (χ0) is 19.7. The Kier molecular flexibility index (Phi) is 3.92. The number of carbonyl (C=O) groups excluding carboxylic acids is 1. The number of nitrogens with zero attached hydrogens (tertiary/aromatic N) is 1. The SMILES string of the molecule is COc1ccc2c(c1)C13CCN(CC4CC4)C(C2)C1(O)CC(C)(C)NC(=O)C3. The van der Waals surface area contributed by atoms with Crippen molar-refractivity contribution in [3.8, 4) is 5.75 Å². The van der Waals surface area contributed by atoms with E-state index in [-0.39, 0.29) is 11.9 Å². The first-order chi connectivity index (χ1) is 13.3. The van der Waals surface area contributed by atoms with E-state index in [2.05, 4.69) is 22.3 Å². The van der Waals surface area contributed by atoms with Gasteiger partial charge in [-0.2, -0.15) is 0 Å². The van der Waals surface area contributed by atoms with Crippen molar-refractivity contribution < 1.29 is 14.6 Å². The number of rotatable bonds is 3. The predicted molar refractivity (Wildman–Crippen MR) is 107 cm³/mol. The van der Waals surface area contributed by atoms with E-state index < -0.39 is 16.6 Å². The maximum absolute atomic E-state index is 13.0. The fourth-order valence-electron chi connectivity index (χ4n) is 6.40. The molecule has 5 heteroatoms. The number of fused-ring (bicyclic) bond motifs is 1. The second-order valence-electron chi connectivity index (χ2n) is 10.2. The number of piperidine rings is 1. The van der Waals surface area contributed by atoms with Crippen LogP contribution in [-0.2, 0) is 16.6 Å². The van der Waals surface area contributed by atoms with Crippen molar-refractivity contribution in [3.63, 3.8) is 0 Å². The van der Waals surface area contributed by atoms with Crippen LogP contribution in [0, 0.1) is 5.92 Å². The van der Waals surface area contributed by atoms with Crippen LogP contribution >= 0.6 is 0 Å². The Morgan fingerprint density at radius 3 is 2.82 bits per heavy atom. The van der Waals surface area contributed by atoms with Gasteiger partial charge in [0.2, 0.25) is 5.91 Å². The number of ether oxygens (including phenoxy) is 1. The van der Waals surface area contributed by atoms with Crippen LogP contribution in [0.3, 0.4) is 0 Å². The molecule has 2 N–H and O–H groups in total. The number of carbonyl (C=O) groups is 1. The first-order valence-corrected chi connectivity index (χ1v) is 10.7. The van der Waals surface area contributed by atoms with Crippen LogP contribution in [0.25, 0.3) is 0 Å². The number of likely N-dealkylation sites (tertiary alicyclic amines) is 1. The summed E-state index contributed by atoms with van der Waals surface area (Å²) < 4.78 is 5.52. The maximum Gasteiger partial charge on any atom is 0.221 e. The van der Waals surface area contributed by atoms with Crippen LogP contribution < -0.4 is 10.1 Å². The second kappa shape index (κ2) is 5.96. The first-order valence-electron chi connectivity index (χ1n) is 10.7. The summed E-state index contributed by atoms with van der Waals surface area (Å²) in [5, 5.41) is 15.6. The van der Waals surface area contributed by atoms with Gasteiger partial charge in [0.05, 0.1) is 12.7 Å². The van der Waals surface area contributed by atoms with Gasteiger partial charge in [0.15, 0.2) is 0 Å². The molecule has 5 nitrogen and oxygen atoms in total. The number of hydrogen-bond donors (Lipinski definition) is 2. The third-order valence-corrected chi connectivity index (χ3v) is 7.73. The molecule has 28 heavy (non-hydrogen) atoms. The smallest absolute Gasteiger partial charge is 0.221 e. The topological polar surface area (TPSA) is 61.8 Å².